The van der Waals surface area contributed by atoms with E-state index in [9.17, 15) is 4.79 Å². The van der Waals surface area contributed by atoms with Crippen LogP contribution in [0.3, 0.4) is 0 Å². The molecule has 0 aliphatic carbocycles. The first-order valence-corrected chi connectivity index (χ1v) is 11.0. The molecule has 7 nitrogen and oxygen atoms in total. The number of esters is 1. The minimum absolute atomic E-state index is 0.342. The van der Waals surface area contributed by atoms with Crippen molar-refractivity contribution in [1.82, 2.24) is 14.8 Å². The number of carbonyl (C=O) groups is 1. The van der Waals surface area contributed by atoms with Gasteiger partial charge < -0.3 is 14.8 Å². The molecule has 1 aromatic heterocycles. The summed E-state index contributed by atoms with van der Waals surface area (Å²) in [4.78, 5) is 17.6. The molecule has 1 atom stereocenters. The molecule has 1 N–H and O–H groups in total. The number of aromatic nitrogens is 3. The quantitative estimate of drug-likeness (QED) is 0.368. The third-order valence-electron chi connectivity index (χ3n) is 4.57. The average Bonchev–Trinajstić information content (AvgIpc) is 3.10. The van der Waals surface area contributed by atoms with E-state index in [2.05, 4.69) is 29.2 Å². The van der Waals surface area contributed by atoms with Crippen molar-refractivity contribution in [2.45, 2.75) is 51.7 Å². The van der Waals surface area contributed by atoms with E-state index in [0.29, 0.717) is 29.9 Å². The van der Waals surface area contributed by atoms with Gasteiger partial charge in [-0.3, -0.25) is 0 Å². The van der Waals surface area contributed by atoms with E-state index in [4.69, 9.17) is 9.47 Å². The fourth-order valence-corrected chi connectivity index (χ4v) is 3.81. The standard InChI is InChI=1S/C21H28N4O3S/c1-5-8-13-28-19(26)17-14(4)22-20-23-21(29-7-3)24-25(20)18(17)15-11-9-10-12-16(15)27-6-2/h9-12,18H,5-8,13H2,1-4H3,(H,22,23,24). The van der Waals surface area contributed by atoms with Crippen LogP contribution in [0, 0.1) is 0 Å². The summed E-state index contributed by atoms with van der Waals surface area (Å²) in [5.41, 5.74) is 2.10. The number of hydrogen-bond acceptors (Lipinski definition) is 7. The van der Waals surface area contributed by atoms with Crippen LogP contribution < -0.4 is 10.1 Å². The van der Waals surface area contributed by atoms with Gasteiger partial charge in [-0.2, -0.15) is 4.98 Å². The molecule has 2 aromatic rings. The van der Waals surface area contributed by atoms with E-state index in [1.54, 1.807) is 16.4 Å². The monoisotopic (exact) mass is 416 g/mol. The fraction of sp³-hybridized carbons (Fsp3) is 0.476. The molecule has 0 bridgehead atoms. The van der Waals surface area contributed by atoms with E-state index in [1.807, 2.05) is 38.1 Å². The number of nitrogens with zero attached hydrogens (tertiary/aromatic N) is 3. The molecule has 0 spiro atoms. The number of thioether (sulfide) groups is 1. The zero-order valence-electron chi connectivity index (χ0n) is 17.4. The number of carbonyl (C=O) groups excluding carboxylic acids is 1. The number of nitrogens with one attached hydrogen (secondary N) is 1. The van der Waals surface area contributed by atoms with Crippen molar-refractivity contribution in [3.8, 4) is 5.75 Å². The molecule has 0 amide bonds. The van der Waals surface area contributed by atoms with E-state index < -0.39 is 6.04 Å². The predicted molar refractivity (Wildman–Crippen MR) is 114 cm³/mol. The summed E-state index contributed by atoms with van der Waals surface area (Å²) in [5, 5.41) is 8.57. The van der Waals surface area contributed by atoms with Crippen LogP contribution >= 0.6 is 11.8 Å². The van der Waals surface area contributed by atoms with Gasteiger partial charge >= 0.3 is 5.97 Å². The maximum atomic E-state index is 13.1. The number of fused-ring (bicyclic) bond motifs is 1. The second-order valence-electron chi connectivity index (χ2n) is 6.62. The van der Waals surface area contributed by atoms with Gasteiger partial charge in [0.15, 0.2) is 0 Å². The summed E-state index contributed by atoms with van der Waals surface area (Å²) in [6, 6.07) is 7.27. The normalized spacial score (nSPS) is 15.7. The summed E-state index contributed by atoms with van der Waals surface area (Å²) in [6.45, 7) is 8.86. The third-order valence-corrected chi connectivity index (χ3v) is 5.29. The van der Waals surface area contributed by atoms with Crippen LogP contribution in [0.5, 0.6) is 5.75 Å². The topological polar surface area (TPSA) is 78.3 Å². The number of benzene rings is 1. The average molecular weight is 417 g/mol. The number of hydrogen-bond donors (Lipinski definition) is 1. The van der Waals surface area contributed by atoms with Gasteiger partial charge in [0, 0.05) is 11.3 Å². The number of rotatable bonds is 9. The number of allylic oxidation sites excluding steroid dienone is 1. The van der Waals surface area contributed by atoms with Gasteiger partial charge in [-0.25, -0.2) is 9.48 Å². The molecule has 1 aromatic carbocycles. The van der Waals surface area contributed by atoms with Crippen LogP contribution in [0.4, 0.5) is 5.95 Å². The van der Waals surface area contributed by atoms with Gasteiger partial charge in [-0.1, -0.05) is 50.2 Å². The van der Waals surface area contributed by atoms with Gasteiger partial charge in [-0.15, -0.1) is 5.10 Å². The minimum Gasteiger partial charge on any atom is -0.494 e. The van der Waals surface area contributed by atoms with Crippen molar-refractivity contribution in [3.05, 3.63) is 41.1 Å². The molecule has 1 unspecified atom stereocenters. The fourth-order valence-electron chi connectivity index (χ4n) is 3.25. The first-order valence-electron chi connectivity index (χ1n) is 10.1. The smallest absolute Gasteiger partial charge is 0.338 e. The van der Waals surface area contributed by atoms with Crippen molar-refractivity contribution < 1.29 is 14.3 Å². The van der Waals surface area contributed by atoms with Crippen LogP contribution in [-0.4, -0.2) is 39.7 Å². The van der Waals surface area contributed by atoms with Gasteiger partial charge in [-0.05, 0) is 32.1 Å². The van der Waals surface area contributed by atoms with Crippen LogP contribution in [0.15, 0.2) is 40.7 Å². The molecule has 0 radical (unpaired) electrons. The van der Waals surface area contributed by atoms with Crippen LogP contribution in [0.2, 0.25) is 0 Å². The Balaban J connectivity index is 2.09. The number of para-hydroxylation sites is 1. The van der Waals surface area contributed by atoms with Crippen molar-refractivity contribution in [2.24, 2.45) is 0 Å². The Bertz CT molecular complexity index is 894. The van der Waals surface area contributed by atoms with E-state index in [0.717, 1.165) is 35.6 Å². The first kappa shape index (κ1) is 21.2. The summed E-state index contributed by atoms with van der Waals surface area (Å²) in [7, 11) is 0. The zero-order valence-corrected chi connectivity index (χ0v) is 18.2. The number of ether oxygens (including phenoxy) is 2. The Morgan fingerprint density at radius 1 is 1.28 bits per heavy atom. The second kappa shape index (κ2) is 9.82. The van der Waals surface area contributed by atoms with E-state index >= 15 is 0 Å². The molecule has 1 aliphatic heterocycles. The van der Waals surface area contributed by atoms with E-state index in [1.165, 1.54) is 0 Å². The van der Waals surface area contributed by atoms with E-state index in [-0.39, 0.29) is 5.97 Å². The first-order chi connectivity index (χ1) is 14.1. The van der Waals surface area contributed by atoms with Gasteiger partial charge in [0.1, 0.15) is 11.8 Å². The molecule has 156 valence electrons. The maximum Gasteiger partial charge on any atom is 0.338 e. The van der Waals surface area contributed by atoms with Crippen molar-refractivity contribution in [3.63, 3.8) is 0 Å². The van der Waals surface area contributed by atoms with Crippen LogP contribution in [0.25, 0.3) is 0 Å². The lowest BCUT2D eigenvalue weighted by molar-refractivity contribution is -0.139. The molecule has 0 saturated carbocycles. The maximum absolute atomic E-state index is 13.1. The largest absolute Gasteiger partial charge is 0.494 e. The van der Waals surface area contributed by atoms with Gasteiger partial charge in [0.05, 0.1) is 18.8 Å². The lowest BCUT2D eigenvalue weighted by Crippen LogP contribution is -2.30. The molecular formula is C21H28N4O3S. The zero-order chi connectivity index (χ0) is 20.8. The Morgan fingerprint density at radius 3 is 2.79 bits per heavy atom. The molecule has 0 saturated heterocycles. The summed E-state index contributed by atoms with van der Waals surface area (Å²) >= 11 is 1.56. The highest BCUT2D eigenvalue weighted by atomic mass is 32.2. The van der Waals surface area contributed by atoms with Gasteiger partial charge in [0.25, 0.3) is 0 Å². The number of anilines is 1. The highest BCUT2D eigenvalue weighted by Gasteiger charge is 2.36. The van der Waals surface area contributed by atoms with Crippen LogP contribution in [0.1, 0.15) is 52.1 Å². The highest BCUT2D eigenvalue weighted by molar-refractivity contribution is 7.99. The molecule has 8 heteroatoms. The van der Waals surface area contributed by atoms with Crippen LogP contribution in [-0.2, 0) is 9.53 Å². The summed E-state index contributed by atoms with van der Waals surface area (Å²) in [5.74, 6) is 1.85. The highest BCUT2D eigenvalue weighted by Crippen LogP contribution is 2.40. The Morgan fingerprint density at radius 2 is 2.07 bits per heavy atom. The Hall–Kier alpha value is -2.48. The predicted octanol–water partition coefficient (Wildman–Crippen LogP) is 4.42. The van der Waals surface area contributed by atoms with Gasteiger partial charge in [0.2, 0.25) is 11.1 Å². The summed E-state index contributed by atoms with van der Waals surface area (Å²) < 4.78 is 13.2. The molecule has 3 rings (SSSR count). The molecular weight excluding hydrogens is 388 g/mol. The van der Waals surface area contributed by atoms with Crippen molar-refractivity contribution in [1.29, 1.82) is 0 Å². The molecule has 0 fully saturated rings. The lowest BCUT2D eigenvalue weighted by Gasteiger charge is -2.29. The summed E-state index contributed by atoms with van der Waals surface area (Å²) in [6.07, 6.45) is 1.79. The third kappa shape index (κ3) is 4.58. The minimum atomic E-state index is -0.471. The van der Waals surface area contributed by atoms with Crippen molar-refractivity contribution >= 4 is 23.7 Å². The van der Waals surface area contributed by atoms with Crippen molar-refractivity contribution in [2.75, 3.05) is 24.3 Å². The Labute approximate surface area is 175 Å². The molecule has 2 heterocycles. The lowest BCUT2D eigenvalue weighted by atomic mass is 9.95. The molecule has 1 aliphatic rings. The SMILES string of the molecule is CCCCOC(=O)C1=C(C)Nc2nc(SCC)nn2C1c1ccccc1OCC. The second-order valence-corrected chi connectivity index (χ2v) is 7.85. The Kier molecular flexibility index (Phi) is 7.19. The molecule has 29 heavy (non-hydrogen) atoms. The number of unbranched alkanes of at least 4 members (excludes halogenated alkanes) is 1.